The predicted molar refractivity (Wildman–Crippen MR) is 81.3 cm³/mol. The number of methoxy groups -OCH3 is 2. The second kappa shape index (κ2) is 8.24. The van der Waals surface area contributed by atoms with Crippen molar-refractivity contribution in [2.45, 2.75) is 76.0 Å². The molecule has 0 radical (unpaired) electrons. The summed E-state index contributed by atoms with van der Waals surface area (Å²) >= 11 is 0. The summed E-state index contributed by atoms with van der Waals surface area (Å²) in [5, 5.41) is 3.68. The van der Waals surface area contributed by atoms with Gasteiger partial charge in [0.15, 0.2) is 0 Å². The molecule has 1 aliphatic carbocycles. The molecule has 6 heteroatoms. The highest BCUT2D eigenvalue weighted by molar-refractivity contribution is 5.69. The zero-order valence-corrected chi connectivity index (χ0v) is 13.9. The van der Waals surface area contributed by atoms with Gasteiger partial charge in [-0.05, 0) is 45.4 Å². The smallest absolute Gasteiger partial charge is 0.307 e. The molecule has 1 aliphatic heterocycles. The largest absolute Gasteiger partial charge is 0.469 e. The Morgan fingerprint density at radius 3 is 2.64 bits per heavy atom. The van der Waals surface area contributed by atoms with E-state index >= 15 is 0 Å². The molecule has 2 rings (SSSR count). The van der Waals surface area contributed by atoms with Gasteiger partial charge in [-0.15, -0.1) is 0 Å². The van der Waals surface area contributed by atoms with Crippen molar-refractivity contribution in [3.8, 4) is 0 Å². The Hall–Kier alpha value is -0.690. The van der Waals surface area contributed by atoms with E-state index in [9.17, 15) is 4.79 Å². The molecular formula is C16H29NO5. The van der Waals surface area contributed by atoms with E-state index in [2.05, 4.69) is 5.32 Å². The SMILES string of the molecule is CCOC(OC)O[C@H]1CCC[C@]12CCC[C@H](CC(=O)OC)N2. The van der Waals surface area contributed by atoms with Crippen molar-refractivity contribution in [2.75, 3.05) is 20.8 Å². The summed E-state index contributed by atoms with van der Waals surface area (Å²) in [6, 6.07) is 0.165. The van der Waals surface area contributed by atoms with Crippen molar-refractivity contribution in [2.24, 2.45) is 0 Å². The van der Waals surface area contributed by atoms with Crippen LogP contribution in [0.3, 0.4) is 0 Å². The van der Waals surface area contributed by atoms with Gasteiger partial charge in [0.05, 0.1) is 19.6 Å². The number of hydrogen-bond acceptors (Lipinski definition) is 6. The number of nitrogens with one attached hydrogen (secondary N) is 1. The molecule has 0 amide bonds. The Bertz CT molecular complexity index is 364. The summed E-state index contributed by atoms with van der Waals surface area (Å²) in [4.78, 5) is 11.5. The highest BCUT2D eigenvalue weighted by atomic mass is 16.8. The van der Waals surface area contributed by atoms with E-state index in [1.54, 1.807) is 7.11 Å². The Balaban J connectivity index is 1.98. The molecule has 4 atom stereocenters. The predicted octanol–water partition coefficient (Wildman–Crippen LogP) is 1.97. The molecule has 0 aromatic rings. The molecule has 6 nitrogen and oxygen atoms in total. The van der Waals surface area contributed by atoms with Crippen LogP contribution in [-0.2, 0) is 23.7 Å². The number of carbonyl (C=O) groups is 1. The third-order valence-electron chi connectivity index (χ3n) is 4.78. The topological polar surface area (TPSA) is 66.0 Å². The normalized spacial score (nSPS) is 33.0. The quantitative estimate of drug-likeness (QED) is 0.572. The highest BCUT2D eigenvalue weighted by Gasteiger charge is 2.47. The molecule has 0 aromatic carbocycles. The zero-order chi connectivity index (χ0) is 16.0. The Morgan fingerprint density at radius 1 is 1.27 bits per heavy atom. The molecule has 2 aliphatic rings. The second-order valence-electron chi connectivity index (χ2n) is 6.17. The first-order chi connectivity index (χ1) is 10.6. The van der Waals surface area contributed by atoms with Crippen LogP contribution in [0.15, 0.2) is 0 Å². The summed E-state index contributed by atoms with van der Waals surface area (Å²) in [5.74, 6) is -0.158. The standard InChI is InChI=1S/C16H29NO5/c1-4-21-15(20-3)22-13-8-6-10-16(13)9-5-7-12(17-16)11-14(18)19-2/h12-13,15,17H,4-11H2,1-3H3/t12-,13+,15?,16-/m1/s1. The molecule has 1 spiro atoms. The maximum atomic E-state index is 11.5. The van der Waals surface area contributed by atoms with Crippen LogP contribution in [0.1, 0.15) is 51.9 Å². The van der Waals surface area contributed by atoms with E-state index in [1.165, 1.54) is 7.11 Å². The van der Waals surface area contributed by atoms with Gasteiger partial charge in [0.2, 0.25) is 0 Å². The average Bonchev–Trinajstić information content (AvgIpc) is 2.88. The first-order valence-corrected chi connectivity index (χ1v) is 8.28. The molecule has 0 bridgehead atoms. The van der Waals surface area contributed by atoms with E-state index in [0.29, 0.717) is 13.0 Å². The van der Waals surface area contributed by atoms with Gasteiger partial charge in [0, 0.05) is 25.3 Å². The molecule has 1 saturated heterocycles. The lowest BCUT2D eigenvalue weighted by Crippen LogP contribution is -2.59. The Kier molecular flexibility index (Phi) is 6.62. The third-order valence-corrected chi connectivity index (χ3v) is 4.78. The van der Waals surface area contributed by atoms with Crippen LogP contribution in [0.5, 0.6) is 0 Å². The van der Waals surface area contributed by atoms with Gasteiger partial charge in [-0.1, -0.05) is 0 Å². The van der Waals surface area contributed by atoms with E-state index < -0.39 is 6.48 Å². The molecule has 0 aromatic heterocycles. The summed E-state index contributed by atoms with van der Waals surface area (Å²) in [6.45, 7) is 1.86. The number of esters is 1. The third kappa shape index (κ3) is 4.19. The van der Waals surface area contributed by atoms with Crippen LogP contribution in [0.2, 0.25) is 0 Å². The molecule has 1 N–H and O–H groups in total. The van der Waals surface area contributed by atoms with Gasteiger partial charge in [-0.2, -0.15) is 0 Å². The molecular weight excluding hydrogens is 286 g/mol. The molecule has 22 heavy (non-hydrogen) atoms. The number of hydrogen-bond donors (Lipinski definition) is 1. The van der Waals surface area contributed by atoms with Crippen molar-refractivity contribution in [1.29, 1.82) is 0 Å². The summed E-state index contributed by atoms with van der Waals surface area (Å²) < 4.78 is 21.5. The zero-order valence-electron chi connectivity index (χ0n) is 13.9. The second-order valence-corrected chi connectivity index (χ2v) is 6.17. The fourth-order valence-electron chi connectivity index (χ4n) is 3.78. The van der Waals surface area contributed by atoms with Crippen LogP contribution in [0.4, 0.5) is 0 Å². The number of rotatable bonds is 7. The fraction of sp³-hybridized carbons (Fsp3) is 0.938. The van der Waals surface area contributed by atoms with Crippen molar-refractivity contribution < 1.29 is 23.7 Å². The lowest BCUT2D eigenvalue weighted by atomic mass is 9.82. The fourth-order valence-corrected chi connectivity index (χ4v) is 3.78. The summed E-state index contributed by atoms with van der Waals surface area (Å²) in [7, 11) is 3.03. The van der Waals surface area contributed by atoms with Gasteiger partial charge in [-0.25, -0.2) is 0 Å². The number of carbonyl (C=O) groups excluding carboxylic acids is 1. The van der Waals surface area contributed by atoms with E-state index in [0.717, 1.165) is 38.5 Å². The Labute approximate surface area is 132 Å². The van der Waals surface area contributed by atoms with Gasteiger partial charge >= 0.3 is 5.97 Å². The highest BCUT2D eigenvalue weighted by Crippen LogP contribution is 2.40. The maximum Gasteiger partial charge on any atom is 0.307 e. The van der Waals surface area contributed by atoms with E-state index in [4.69, 9.17) is 18.9 Å². The van der Waals surface area contributed by atoms with Crippen molar-refractivity contribution >= 4 is 5.97 Å². The van der Waals surface area contributed by atoms with Crippen molar-refractivity contribution in [3.05, 3.63) is 0 Å². The summed E-state index contributed by atoms with van der Waals surface area (Å²) in [6.07, 6.45) is 6.82. The van der Waals surface area contributed by atoms with Gasteiger partial charge in [-0.3, -0.25) is 4.79 Å². The maximum absolute atomic E-state index is 11.5. The van der Waals surface area contributed by atoms with Crippen LogP contribution in [0.25, 0.3) is 0 Å². The minimum Gasteiger partial charge on any atom is -0.469 e. The minimum atomic E-state index is -0.618. The lowest BCUT2D eigenvalue weighted by molar-refractivity contribution is -0.300. The van der Waals surface area contributed by atoms with Crippen LogP contribution < -0.4 is 5.32 Å². The van der Waals surface area contributed by atoms with E-state index in [-0.39, 0.29) is 23.7 Å². The lowest BCUT2D eigenvalue weighted by Gasteiger charge is -2.44. The molecule has 1 unspecified atom stereocenters. The molecule has 2 fully saturated rings. The van der Waals surface area contributed by atoms with Crippen LogP contribution in [-0.4, -0.2) is 51.0 Å². The molecule has 1 heterocycles. The van der Waals surface area contributed by atoms with Crippen molar-refractivity contribution in [3.63, 3.8) is 0 Å². The van der Waals surface area contributed by atoms with Gasteiger partial charge in [0.25, 0.3) is 6.48 Å². The van der Waals surface area contributed by atoms with Crippen LogP contribution >= 0.6 is 0 Å². The monoisotopic (exact) mass is 315 g/mol. The van der Waals surface area contributed by atoms with Crippen LogP contribution in [0, 0.1) is 0 Å². The average molecular weight is 315 g/mol. The molecule has 128 valence electrons. The van der Waals surface area contributed by atoms with Gasteiger partial charge in [0.1, 0.15) is 0 Å². The first-order valence-electron chi connectivity index (χ1n) is 8.28. The number of ether oxygens (including phenoxy) is 4. The summed E-state index contributed by atoms with van der Waals surface area (Å²) in [5.41, 5.74) is -0.0647. The van der Waals surface area contributed by atoms with E-state index in [1.807, 2.05) is 6.92 Å². The molecule has 1 saturated carbocycles. The van der Waals surface area contributed by atoms with Crippen molar-refractivity contribution in [1.82, 2.24) is 5.32 Å². The Morgan fingerprint density at radius 2 is 2.00 bits per heavy atom. The first kappa shape index (κ1) is 17.7. The minimum absolute atomic E-state index is 0.0597. The number of piperidine rings is 1. The van der Waals surface area contributed by atoms with Gasteiger partial charge < -0.3 is 24.3 Å².